The molecule has 0 saturated carbocycles. The fraction of sp³-hybridized carbons (Fsp3) is 0.0667. The molecule has 3 aromatic rings. The largest absolute Gasteiger partial charge is 0.478 e. The Balaban J connectivity index is 2.05. The normalized spacial score (nSPS) is 11.6. The number of nitrogens with zero attached hydrogens (tertiary/aromatic N) is 1. The molecule has 0 fully saturated rings. The van der Waals surface area contributed by atoms with E-state index in [0.717, 1.165) is 16.8 Å². The third kappa shape index (κ3) is 2.95. The zero-order chi connectivity index (χ0) is 17.5. The third-order valence-corrected chi connectivity index (χ3v) is 5.74. The molecule has 1 aromatic heterocycles. The van der Waals surface area contributed by atoms with Crippen molar-refractivity contribution >= 4 is 43.2 Å². The molecule has 0 aliphatic carbocycles. The fourth-order valence-corrected chi connectivity index (χ4v) is 4.27. The predicted molar refractivity (Wildman–Crippen MR) is 88.5 cm³/mol. The van der Waals surface area contributed by atoms with E-state index >= 15 is 0 Å². The molecule has 9 heteroatoms. The standard InChI is InChI=1S/C15H11FN2O4S2/c1-8-11(15(19)20)4-9(16)5-14(8)24(21,22)18-10-2-3-13-12(6-10)17-7-23-13/h2-7,18H,1H3,(H,19,20). The SMILES string of the molecule is Cc1c(C(=O)O)cc(F)cc1S(=O)(=O)Nc1ccc2scnc2c1. The van der Waals surface area contributed by atoms with Gasteiger partial charge in [-0.15, -0.1) is 11.3 Å². The molecule has 0 radical (unpaired) electrons. The summed E-state index contributed by atoms with van der Waals surface area (Å²) in [6.07, 6.45) is 0. The van der Waals surface area contributed by atoms with E-state index in [2.05, 4.69) is 9.71 Å². The van der Waals surface area contributed by atoms with Crippen molar-refractivity contribution in [2.24, 2.45) is 0 Å². The molecule has 0 aliphatic heterocycles. The van der Waals surface area contributed by atoms with Gasteiger partial charge in [-0.05, 0) is 42.8 Å². The molecule has 0 spiro atoms. The lowest BCUT2D eigenvalue weighted by Crippen LogP contribution is -2.16. The van der Waals surface area contributed by atoms with Gasteiger partial charge in [0.25, 0.3) is 10.0 Å². The Morgan fingerprint density at radius 1 is 1.29 bits per heavy atom. The van der Waals surface area contributed by atoms with E-state index < -0.39 is 32.3 Å². The van der Waals surface area contributed by atoms with Crippen molar-refractivity contribution in [2.75, 3.05) is 4.72 Å². The Labute approximate surface area is 140 Å². The van der Waals surface area contributed by atoms with Crippen molar-refractivity contribution in [3.05, 3.63) is 52.8 Å². The number of anilines is 1. The molecule has 0 atom stereocenters. The van der Waals surface area contributed by atoms with Crippen LogP contribution in [-0.2, 0) is 10.0 Å². The van der Waals surface area contributed by atoms with E-state index in [0.29, 0.717) is 5.52 Å². The molecule has 3 rings (SSSR count). The van der Waals surface area contributed by atoms with E-state index in [4.69, 9.17) is 5.11 Å². The Bertz CT molecular complexity index is 1060. The van der Waals surface area contributed by atoms with Gasteiger partial charge in [-0.25, -0.2) is 22.6 Å². The predicted octanol–water partition coefficient (Wildman–Crippen LogP) is 3.24. The second kappa shape index (κ2) is 5.84. The number of hydrogen-bond donors (Lipinski definition) is 2. The first-order valence-electron chi connectivity index (χ1n) is 6.67. The Morgan fingerprint density at radius 2 is 2.04 bits per heavy atom. The van der Waals surface area contributed by atoms with Crippen molar-refractivity contribution in [3.63, 3.8) is 0 Å². The molecule has 2 N–H and O–H groups in total. The minimum absolute atomic E-state index is 0.0360. The zero-order valence-electron chi connectivity index (χ0n) is 12.3. The maximum atomic E-state index is 13.6. The van der Waals surface area contributed by atoms with Crippen LogP contribution in [0.4, 0.5) is 10.1 Å². The van der Waals surface area contributed by atoms with Crippen molar-refractivity contribution in [2.45, 2.75) is 11.8 Å². The number of sulfonamides is 1. The molecule has 0 unspecified atom stereocenters. The number of halogens is 1. The molecule has 6 nitrogen and oxygen atoms in total. The summed E-state index contributed by atoms with van der Waals surface area (Å²) in [5.41, 5.74) is 2.09. The average molecular weight is 366 g/mol. The number of carboxylic acids is 1. The molecule has 2 aromatic carbocycles. The van der Waals surface area contributed by atoms with Crippen LogP contribution in [0.2, 0.25) is 0 Å². The number of aromatic carboxylic acids is 1. The van der Waals surface area contributed by atoms with E-state index in [1.54, 1.807) is 23.7 Å². The lowest BCUT2D eigenvalue weighted by molar-refractivity contribution is 0.0695. The van der Waals surface area contributed by atoms with Gasteiger partial charge in [-0.3, -0.25) is 4.72 Å². The molecule has 1 heterocycles. The molecule has 0 amide bonds. The van der Waals surface area contributed by atoms with Gasteiger partial charge in [0.15, 0.2) is 0 Å². The number of aromatic nitrogens is 1. The zero-order valence-corrected chi connectivity index (χ0v) is 13.9. The van der Waals surface area contributed by atoms with Crippen LogP contribution in [0.25, 0.3) is 10.2 Å². The highest BCUT2D eigenvalue weighted by atomic mass is 32.2. The maximum Gasteiger partial charge on any atom is 0.336 e. The number of thiazole rings is 1. The van der Waals surface area contributed by atoms with Crippen LogP contribution < -0.4 is 4.72 Å². The quantitative estimate of drug-likeness (QED) is 0.739. The van der Waals surface area contributed by atoms with Gasteiger partial charge in [0.1, 0.15) is 5.82 Å². The molecule has 0 bridgehead atoms. The molecule has 0 aliphatic rings. The maximum absolute atomic E-state index is 13.6. The number of rotatable bonds is 4. The summed E-state index contributed by atoms with van der Waals surface area (Å²) in [7, 11) is -4.15. The minimum Gasteiger partial charge on any atom is -0.478 e. The van der Waals surface area contributed by atoms with Gasteiger partial charge in [-0.1, -0.05) is 0 Å². The number of nitrogens with one attached hydrogen (secondary N) is 1. The summed E-state index contributed by atoms with van der Waals surface area (Å²) in [5, 5.41) is 9.08. The second-order valence-electron chi connectivity index (χ2n) is 5.02. The highest BCUT2D eigenvalue weighted by Crippen LogP contribution is 2.26. The average Bonchev–Trinajstić information content (AvgIpc) is 2.96. The number of carbonyl (C=O) groups is 1. The number of hydrogen-bond acceptors (Lipinski definition) is 5. The van der Waals surface area contributed by atoms with Crippen LogP contribution in [0.5, 0.6) is 0 Å². The summed E-state index contributed by atoms with van der Waals surface area (Å²) in [6, 6.07) is 6.41. The van der Waals surface area contributed by atoms with E-state index in [9.17, 15) is 17.6 Å². The smallest absolute Gasteiger partial charge is 0.336 e. The van der Waals surface area contributed by atoms with Gasteiger partial charge in [0.05, 0.1) is 31.9 Å². The van der Waals surface area contributed by atoms with Crippen LogP contribution in [0, 0.1) is 12.7 Å². The molecular weight excluding hydrogens is 355 g/mol. The van der Waals surface area contributed by atoms with Gasteiger partial charge >= 0.3 is 5.97 Å². The van der Waals surface area contributed by atoms with Crippen molar-refractivity contribution in [1.82, 2.24) is 4.98 Å². The summed E-state index contributed by atoms with van der Waals surface area (Å²) >= 11 is 1.42. The first kappa shape index (κ1) is 16.3. The molecular formula is C15H11FN2O4S2. The Morgan fingerprint density at radius 3 is 2.75 bits per heavy atom. The van der Waals surface area contributed by atoms with Crippen LogP contribution in [0.3, 0.4) is 0 Å². The van der Waals surface area contributed by atoms with Crippen molar-refractivity contribution in [1.29, 1.82) is 0 Å². The van der Waals surface area contributed by atoms with E-state index in [-0.39, 0.29) is 11.3 Å². The third-order valence-electron chi connectivity index (χ3n) is 3.43. The lowest BCUT2D eigenvalue weighted by atomic mass is 10.1. The summed E-state index contributed by atoms with van der Waals surface area (Å²) in [5.74, 6) is -2.33. The summed E-state index contributed by atoms with van der Waals surface area (Å²) < 4.78 is 41.9. The number of fused-ring (bicyclic) bond motifs is 1. The van der Waals surface area contributed by atoms with E-state index in [1.165, 1.54) is 18.3 Å². The van der Waals surface area contributed by atoms with Crippen molar-refractivity contribution in [3.8, 4) is 0 Å². The first-order valence-corrected chi connectivity index (χ1v) is 9.04. The van der Waals surface area contributed by atoms with Crippen LogP contribution in [0.1, 0.15) is 15.9 Å². The summed E-state index contributed by atoms with van der Waals surface area (Å²) in [4.78, 5) is 14.8. The van der Waals surface area contributed by atoms with Crippen LogP contribution in [0.15, 0.2) is 40.7 Å². The topological polar surface area (TPSA) is 96.4 Å². The van der Waals surface area contributed by atoms with Crippen molar-refractivity contribution < 1.29 is 22.7 Å². The molecule has 24 heavy (non-hydrogen) atoms. The highest BCUT2D eigenvalue weighted by molar-refractivity contribution is 7.92. The van der Waals surface area contributed by atoms with Gasteiger partial charge in [0, 0.05) is 0 Å². The minimum atomic E-state index is -4.15. The van der Waals surface area contributed by atoms with Gasteiger partial charge in [-0.2, -0.15) is 0 Å². The van der Waals surface area contributed by atoms with Gasteiger partial charge in [0.2, 0.25) is 0 Å². The molecule has 124 valence electrons. The van der Waals surface area contributed by atoms with Gasteiger partial charge < -0.3 is 5.11 Å². The number of carboxylic acid groups (broad SMARTS) is 1. The Hall–Kier alpha value is -2.52. The van der Waals surface area contributed by atoms with Crippen LogP contribution >= 0.6 is 11.3 Å². The highest BCUT2D eigenvalue weighted by Gasteiger charge is 2.23. The van der Waals surface area contributed by atoms with Crippen LogP contribution in [-0.4, -0.2) is 24.5 Å². The second-order valence-corrected chi connectivity index (χ2v) is 7.56. The lowest BCUT2D eigenvalue weighted by Gasteiger charge is -2.12. The summed E-state index contributed by atoms with van der Waals surface area (Å²) in [6.45, 7) is 1.32. The van der Waals surface area contributed by atoms with E-state index in [1.807, 2.05) is 0 Å². The Kier molecular flexibility index (Phi) is 3.98. The number of benzene rings is 2. The monoisotopic (exact) mass is 366 g/mol. The first-order chi connectivity index (χ1) is 11.3. The molecule has 0 saturated heterocycles. The fourth-order valence-electron chi connectivity index (χ4n) is 2.29.